The van der Waals surface area contributed by atoms with Crippen molar-refractivity contribution in [2.24, 2.45) is 0 Å². The second-order valence-corrected chi connectivity index (χ2v) is 4.91. The van der Waals surface area contributed by atoms with Crippen molar-refractivity contribution in [2.75, 3.05) is 13.7 Å². The van der Waals surface area contributed by atoms with Crippen LogP contribution in [0, 0.1) is 0 Å². The molecule has 0 radical (unpaired) electrons. The van der Waals surface area contributed by atoms with Gasteiger partial charge in [-0.15, -0.1) is 0 Å². The van der Waals surface area contributed by atoms with E-state index in [4.69, 9.17) is 9.47 Å². The van der Waals surface area contributed by atoms with Crippen molar-refractivity contribution in [3.63, 3.8) is 0 Å². The molecule has 1 aromatic rings. The van der Waals surface area contributed by atoms with Gasteiger partial charge in [-0.1, -0.05) is 38.7 Å². The summed E-state index contributed by atoms with van der Waals surface area (Å²) in [6.07, 6.45) is 5.99. The average Bonchev–Trinajstić information content (AvgIpc) is 2.45. The predicted octanol–water partition coefficient (Wildman–Crippen LogP) is 1.86. The van der Waals surface area contributed by atoms with Gasteiger partial charge in [0.05, 0.1) is 13.7 Å². The van der Waals surface area contributed by atoms with E-state index in [1.165, 1.54) is 25.7 Å². The van der Waals surface area contributed by atoms with Crippen molar-refractivity contribution in [3.8, 4) is 5.75 Å². The van der Waals surface area contributed by atoms with Gasteiger partial charge in [0.1, 0.15) is 5.75 Å². The zero-order valence-electron chi connectivity index (χ0n) is 12.5. The Balaban J connectivity index is 2.41. The van der Waals surface area contributed by atoms with E-state index in [9.17, 15) is 10.0 Å². The van der Waals surface area contributed by atoms with Crippen molar-refractivity contribution in [2.45, 2.75) is 45.6 Å². The molecule has 5 heteroatoms. The number of hydrogen-bond acceptors (Lipinski definition) is 4. The third-order valence-electron chi connectivity index (χ3n) is 3.28. The molecule has 1 aromatic carbocycles. The van der Waals surface area contributed by atoms with Crippen LogP contribution in [0.1, 0.15) is 44.6 Å². The fraction of sp³-hybridized carbons (Fsp3) is 0.600. The second kappa shape index (κ2) is 9.80. The first-order valence-electron chi connectivity index (χ1n) is 7.29. The van der Waals surface area contributed by atoms with Crippen LogP contribution in [0.4, 0.5) is 0 Å². The third kappa shape index (κ3) is 5.95. The molecule has 0 atom stereocenters. The quantitative estimate of drug-likeness (QED) is 0.507. The summed E-state index contributed by atoms with van der Waals surface area (Å²) in [5.41, 5.74) is 1.23. The fourth-order valence-corrected chi connectivity index (χ4v) is 2.08. The van der Waals surface area contributed by atoms with E-state index in [1.807, 2.05) is 0 Å². The first-order valence-corrected chi connectivity index (χ1v) is 7.29. The zero-order chi connectivity index (χ0) is 14.8. The van der Waals surface area contributed by atoms with E-state index >= 15 is 0 Å². The Hall–Kier alpha value is -1.04. The van der Waals surface area contributed by atoms with Gasteiger partial charge < -0.3 is 19.5 Å². The maximum absolute atomic E-state index is 9.33. The molecule has 0 saturated heterocycles. The van der Waals surface area contributed by atoms with Gasteiger partial charge in [0, 0.05) is 6.61 Å². The zero-order valence-corrected chi connectivity index (χ0v) is 12.5. The van der Waals surface area contributed by atoms with Gasteiger partial charge in [-0.05, 0) is 29.6 Å². The topological polar surface area (TPSA) is 58.9 Å². The summed E-state index contributed by atoms with van der Waals surface area (Å²) in [5, 5.41) is 18.7. The van der Waals surface area contributed by atoms with Crippen molar-refractivity contribution in [1.82, 2.24) is 0 Å². The molecule has 112 valence electrons. The number of ether oxygens (including phenoxy) is 2. The average molecular weight is 280 g/mol. The lowest BCUT2D eigenvalue weighted by molar-refractivity contribution is 0.117. The number of benzene rings is 1. The molecule has 0 aliphatic carbocycles. The van der Waals surface area contributed by atoms with Crippen LogP contribution in [0.15, 0.2) is 18.2 Å². The van der Waals surface area contributed by atoms with E-state index in [0.29, 0.717) is 24.4 Å². The van der Waals surface area contributed by atoms with E-state index in [1.54, 1.807) is 25.3 Å². The molecule has 0 aromatic heterocycles. The van der Waals surface area contributed by atoms with Gasteiger partial charge in [-0.3, -0.25) is 0 Å². The second-order valence-electron chi connectivity index (χ2n) is 4.91. The van der Waals surface area contributed by atoms with Crippen LogP contribution in [0.2, 0.25) is 0 Å². The van der Waals surface area contributed by atoms with E-state index in [2.05, 4.69) is 6.92 Å². The fourth-order valence-electron chi connectivity index (χ4n) is 2.08. The third-order valence-corrected chi connectivity index (χ3v) is 3.28. The minimum absolute atomic E-state index is 0.373. The summed E-state index contributed by atoms with van der Waals surface area (Å²) in [7, 11) is 0.104. The van der Waals surface area contributed by atoms with Gasteiger partial charge in [-0.25, -0.2) is 0 Å². The van der Waals surface area contributed by atoms with Crippen LogP contribution in [-0.2, 0) is 11.3 Å². The molecule has 0 amide bonds. The Kier molecular flexibility index (Phi) is 8.34. The smallest absolute Gasteiger partial charge is 0.488 e. The highest BCUT2D eigenvalue weighted by Crippen LogP contribution is 2.13. The molecule has 0 aliphatic rings. The van der Waals surface area contributed by atoms with Crippen LogP contribution in [0.25, 0.3) is 0 Å². The van der Waals surface area contributed by atoms with Crippen LogP contribution in [-0.4, -0.2) is 30.9 Å². The molecule has 0 saturated carbocycles. The van der Waals surface area contributed by atoms with Crippen LogP contribution < -0.4 is 10.2 Å². The summed E-state index contributed by atoms with van der Waals surface area (Å²) in [6.45, 7) is 3.26. The highest BCUT2D eigenvalue weighted by Gasteiger charge is 2.16. The minimum Gasteiger partial charge on any atom is -0.497 e. The van der Waals surface area contributed by atoms with Crippen molar-refractivity contribution in [3.05, 3.63) is 23.8 Å². The summed E-state index contributed by atoms with van der Waals surface area (Å²) >= 11 is 0. The first-order chi connectivity index (χ1) is 9.69. The number of unbranched alkanes of at least 4 members (excludes halogenated alkanes) is 4. The maximum atomic E-state index is 9.33. The van der Waals surface area contributed by atoms with Gasteiger partial charge in [0.15, 0.2) is 0 Å². The Morgan fingerprint density at radius 3 is 2.50 bits per heavy atom. The molecular formula is C15H25BO4. The maximum Gasteiger partial charge on any atom is 0.488 e. The molecule has 0 fully saturated rings. The number of rotatable bonds is 10. The standard InChI is InChI=1S/C15H25BO4/c1-3-4-5-6-7-10-20-12-13-11-14(19-2)8-9-15(13)16(17)18/h8-9,11,17-18H,3-7,10,12H2,1-2H3. The Morgan fingerprint density at radius 1 is 1.10 bits per heavy atom. The predicted molar refractivity (Wildman–Crippen MR) is 81.2 cm³/mol. The van der Waals surface area contributed by atoms with Gasteiger partial charge in [-0.2, -0.15) is 0 Å². The lowest BCUT2D eigenvalue weighted by Crippen LogP contribution is -2.33. The molecule has 4 nitrogen and oxygen atoms in total. The van der Waals surface area contributed by atoms with Crippen molar-refractivity contribution < 1.29 is 19.5 Å². The molecule has 0 aliphatic heterocycles. The largest absolute Gasteiger partial charge is 0.497 e. The molecule has 0 heterocycles. The Labute approximate surface area is 121 Å². The van der Waals surface area contributed by atoms with Crippen LogP contribution >= 0.6 is 0 Å². The molecule has 20 heavy (non-hydrogen) atoms. The number of methoxy groups -OCH3 is 1. The molecular weight excluding hydrogens is 255 g/mol. The van der Waals surface area contributed by atoms with Crippen LogP contribution in [0.5, 0.6) is 5.75 Å². The van der Waals surface area contributed by atoms with E-state index in [0.717, 1.165) is 12.0 Å². The van der Waals surface area contributed by atoms with E-state index < -0.39 is 7.12 Å². The van der Waals surface area contributed by atoms with Crippen molar-refractivity contribution >= 4 is 12.6 Å². The van der Waals surface area contributed by atoms with Gasteiger partial charge in [0.25, 0.3) is 0 Å². The van der Waals surface area contributed by atoms with Crippen molar-refractivity contribution in [1.29, 1.82) is 0 Å². The molecule has 2 N–H and O–H groups in total. The van der Waals surface area contributed by atoms with Crippen LogP contribution in [0.3, 0.4) is 0 Å². The summed E-state index contributed by atoms with van der Waals surface area (Å²) in [6, 6.07) is 5.15. The van der Waals surface area contributed by atoms with Gasteiger partial charge in [0.2, 0.25) is 0 Å². The normalized spacial score (nSPS) is 10.6. The number of hydrogen-bond donors (Lipinski definition) is 2. The SMILES string of the molecule is CCCCCCCOCc1cc(OC)ccc1B(O)O. The Bertz CT molecular complexity index is 382. The monoisotopic (exact) mass is 280 g/mol. The summed E-state index contributed by atoms with van der Waals surface area (Å²) in [5.74, 6) is 0.691. The highest BCUT2D eigenvalue weighted by atomic mass is 16.5. The molecule has 0 spiro atoms. The highest BCUT2D eigenvalue weighted by molar-refractivity contribution is 6.59. The van der Waals surface area contributed by atoms with Gasteiger partial charge >= 0.3 is 7.12 Å². The molecule has 0 unspecified atom stereocenters. The first kappa shape index (κ1) is 17.0. The van der Waals surface area contributed by atoms with E-state index in [-0.39, 0.29) is 0 Å². The minimum atomic E-state index is -1.48. The summed E-state index contributed by atoms with van der Waals surface area (Å²) in [4.78, 5) is 0. The lowest BCUT2D eigenvalue weighted by Gasteiger charge is -2.11. The lowest BCUT2D eigenvalue weighted by atomic mass is 9.77. The molecule has 0 bridgehead atoms. The molecule has 1 rings (SSSR count). The Morgan fingerprint density at radius 2 is 1.85 bits per heavy atom. The summed E-state index contributed by atoms with van der Waals surface area (Å²) < 4.78 is 10.8.